The van der Waals surface area contributed by atoms with Crippen LogP contribution in [0.25, 0.3) is 10.1 Å². The first-order valence-electron chi connectivity index (χ1n) is 6.96. The number of amides is 1. The molecule has 0 N–H and O–H groups in total. The number of carbonyl (C=O) groups excluding carboxylic acids is 2. The SMILES string of the molecule is CON(C)C(=O)CCCC(=O)c1c(C)sc2cc(Br)ccc12. The second kappa shape index (κ2) is 7.35. The van der Waals surface area contributed by atoms with Gasteiger partial charge in [-0.25, -0.2) is 5.06 Å². The number of ketones is 1. The number of rotatable bonds is 6. The van der Waals surface area contributed by atoms with E-state index < -0.39 is 0 Å². The molecule has 2 aromatic rings. The molecule has 6 heteroatoms. The average Bonchev–Trinajstić information content (AvgIpc) is 2.80. The molecule has 0 aliphatic heterocycles. The van der Waals surface area contributed by atoms with E-state index in [0.717, 1.165) is 25.0 Å². The molecule has 1 aromatic carbocycles. The van der Waals surface area contributed by atoms with Crippen molar-refractivity contribution in [3.8, 4) is 0 Å². The summed E-state index contributed by atoms with van der Waals surface area (Å²) in [6.07, 6.45) is 1.20. The Balaban J connectivity index is 2.07. The molecule has 4 nitrogen and oxygen atoms in total. The van der Waals surface area contributed by atoms with Crippen LogP contribution >= 0.6 is 27.3 Å². The maximum atomic E-state index is 12.5. The third-order valence-electron chi connectivity index (χ3n) is 3.53. The zero-order valence-electron chi connectivity index (χ0n) is 12.8. The molecular weight excluding hydrogens is 366 g/mol. The molecule has 1 amide bonds. The Morgan fingerprint density at radius 3 is 2.73 bits per heavy atom. The number of thiophene rings is 1. The first-order chi connectivity index (χ1) is 10.4. The summed E-state index contributed by atoms with van der Waals surface area (Å²) in [6, 6.07) is 5.95. The topological polar surface area (TPSA) is 46.6 Å². The number of benzene rings is 1. The van der Waals surface area contributed by atoms with E-state index in [2.05, 4.69) is 15.9 Å². The highest BCUT2D eigenvalue weighted by Crippen LogP contribution is 2.33. The molecule has 2 rings (SSSR count). The summed E-state index contributed by atoms with van der Waals surface area (Å²) in [5, 5.41) is 2.18. The van der Waals surface area contributed by atoms with Crippen LogP contribution in [0.4, 0.5) is 0 Å². The zero-order chi connectivity index (χ0) is 16.3. The van der Waals surface area contributed by atoms with Gasteiger partial charge in [0.15, 0.2) is 5.78 Å². The van der Waals surface area contributed by atoms with Crippen LogP contribution in [0.1, 0.15) is 34.5 Å². The van der Waals surface area contributed by atoms with E-state index in [-0.39, 0.29) is 11.7 Å². The number of nitrogens with zero attached hydrogens (tertiary/aromatic N) is 1. The van der Waals surface area contributed by atoms with Crippen LogP contribution in [0.3, 0.4) is 0 Å². The highest BCUT2D eigenvalue weighted by atomic mass is 79.9. The first-order valence-corrected chi connectivity index (χ1v) is 8.57. The van der Waals surface area contributed by atoms with Crippen molar-refractivity contribution in [2.75, 3.05) is 14.2 Å². The molecule has 0 unspecified atom stereocenters. The predicted octanol–water partition coefficient (Wildman–Crippen LogP) is 4.35. The normalized spacial score (nSPS) is 10.9. The lowest BCUT2D eigenvalue weighted by molar-refractivity contribution is -0.168. The Hall–Kier alpha value is -1.24. The van der Waals surface area contributed by atoms with Crippen molar-refractivity contribution in [2.45, 2.75) is 26.2 Å². The van der Waals surface area contributed by atoms with Gasteiger partial charge in [-0.1, -0.05) is 22.0 Å². The second-order valence-electron chi connectivity index (χ2n) is 5.02. The molecule has 0 radical (unpaired) electrons. The van der Waals surface area contributed by atoms with E-state index >= 15 is 0 Å². The molecule has 0 aliphatic rings. The van der Waals surface area contributed by atoms with Gasteiger partial charge in [0.25, 0.3) is 0 Å². The number of hydrogen-bond donors (Lipinski definition) is 0. The zero-order valence-corrected chi connectivity index (χ0v) is 15.2. The molecule has 0 atom stereocenters. The molecule has 1 aromatic heterocycles. The van der Waals surface area contributed by atoms with Crippen LogP contribution in [-0.2, 0) is 9.63 Å². The molecule has 0 aliphatic carbocycles. The maximum absolute atomic E-state index is 12.5. The fourth-order valence-electron chi connectivity index (χ4n) is 2.32. The van der Waals surface area contributed by atoms with E-state index in [1.54, 1.807) is 18.4 Å². The number of aryl methyl sites for hydroxylation is 1. The minimum atomic E-state index is -0.119. The van der Waals surface area contributed by atoms with Gasteiger partial charge in [0.05, 0.1) is 7.11 Å². The molecule has 0 fully saturated rings. The third kappa shape index (κ3) is 3.74. The van der Waals surface area contributed by atoms with Crippen LogP contribution < -0.4 is 0 Å². The van der Waals surface area contributed by atoms with Crippen LogP contribution in [0.15, 0.2) is 22.7 Å². The van der Waals surface area contributed by atoms with Gasteiger partial charge >= 0.3 is 0 Å². The summed E-state index contributed by atoms with van der Waals surface area (Å²) >= 11 is 5.07. The van der Waals surface area contributed by atoms with E-state index in [0.29, 0.717) is 19.3 Å². The molecule has 0 saturated heterocycles. The summed E-state index contributed by atoms with van der Waals surface area (Å²) in [5.41, 5.74) is 0.792. The van der Waals surface area contributed by atoms with Crippen molar-refractivity contribution >= 4 is 49.0 Å². The van der Waals surface area contributed by atoms with Crippen molar-refractivity contribution in [3.05, 3.63) is 33.1 Å². The van der Waals surface area contributed by atoms with Crippen molar-refractivity contribution in [3.63, 3.8) is 0 Å². The summed E-state index contributed by atoms with van der Waals surface area (Å²) in [5.74, 6) is -0.0231. The van der Waals surface area contributed by atoms with Gasteiger partial charge in [-0.15, -0.1) is 11.3 Å². The number of carbonyl (C=O) groups is 2. The van der Waals surface area contributed by atoms with Crippen LogP contribution in [0, 0.1) is 6.92 Å². The van der Waals surface area contributed by atoms with Crippen molar-refractivity contribution in [1.82, 2.24) is 5.06 Å². The molecular formula is C16H18BrNO3S. The Bertz CT molecular complexity index is 711. The molecule has 0 bridgehead atoms. The Morgan fingerprint density at radius 1 is 1.32 bits per heavy atom. The Labute approximate surface area is 142 Å². The standard InChI is InChI=1S/C16H18BrNO3S/c1-10-16(12-8-7-11(17)9-14(12)22-10)13(19)5-4-6-15(20)18(2)21-3/h7-9H,4-6H2,1-3H3. The highest BCUT2D eigenvalue weighted by molar-refractivity contribution is 9.10. The molecule has 0 saturated carbocycles. The molecule has 0 spiro atoms. The number of hydroxylamine groups is 2. The van der Waals surface area contributed by atoms with Crippen LogP contribution in [-0.4, -0.2) is 30.9 Å². The van der Waals surface area contributed by atoms with Gasteiger partial charge in [0.1, 0.15) is 0 Å². The number of halogens is 1. The van der Waals surface area contributed by atoms with E-state index in [9.17, 15) is 9.59 Å². The van der Waals surface area contributed by atoms with E-state index in [1.165, 1.54) is 12.2 Å². The molecule has 1 heterocycles. The fraction of sp³-hybridized carbons (Fsp3) is 0.375. The molecule has 118 valence electrons. The monoisotopic (exact) mass is 383 g/mol. The minimum absolute atomic E-state index is 0.0962. The van der Waals surface area contributed by atoms with Gasteiger partial charge in [-0.2, -0.15) is 0 Å². The average molecular weight is 384 g/mol. The quantitative estimate of drug-likeness (QED) is 0.550. The maximum Gasteiger partial charge on any atom is 0.245 e. The summed E-state index contributed by atoms with van der Waals surface area (Å²) < 4.78 is 2.11. The van der Waals surface area contributed by atoms with Crippen LogP contribution in [0.5, 0.6) is 0 Å². The van der Waals surface area contributed by atoms with E-state index in [1.807, 2.05) is 25.1 Å². The van der Waals surface area contributed by atoms with E-state index in [4.69, 9.17) is 4.84 Å². The lowest BCUT2D eigenvalue weighted by Crippen LogP contribution is -2.25. The number of Topliss-reactive ketones (excluding diaryl/α,β-unsaturated/α-hetero) is 1. The van der Waals surface area contributed by atoms with Crippen molar-refractivity contribution in [1.29, 1.82) is 0 Å². The van der Waals surface area contributed by atoms with Gasteiger partial charge in [-0.05, 0) is 25.5 Å². The highest BCUT2D eigenvalue weighted by Gasteiger charge is 2.17. The lowest BCUT2D eigenvalue weighted by Gasteiger charge is -2.12. The lowest BCUT2D eigenvalue weighted by atomic mass is 10.0. The predicted molar refractivity (Wildman–Crippen MR) is 92.2 cm³/mol. The largest absolute Gasteiger partial charge is 0.294 e. The van der Waals surface area contributed by atoms with Crippen molar-refractivity contribution < 1.29 is 14.4 Å². The second-order valence-corrected chi connectivity index (χ2v) is 7.20. The Kier molecular flexibility index (Phi) is 5.72. The smallest absolute Gasteiger partial charge is 0.245 e. The van der Waals surface area contributed by atoms with Gasteiger partial charge in [0.2, 0.25) is 5.91 Å². The van der Waals surface area contributed by atoms with Crippen LogP contribution in [0.2, 0.25) is 0 Å². The van der Waals surface area contributed by atoms with Gasteiger partial charge < -0.3 is 0 Å². The summed E-state index contributed by atoms with van der Waals surface area (Å²) in [6.45, 7) is 1.97. The van der Waals surface area contributed by atoms with Gasteiger partial charge in [-0.3, -0.25) is 14.4 Å². The molecule has 22 heavy (non-hydrogen) atoms. The first kappa shape index (κ1) is 17.1. The third-order valence-corrected chi connectivity index (χ3v) is 5.09. The Morgan fingerprint density at radius 2 is 2.05 bits per heavy atom. The fourth-order valence-corrected chi connectivity index (χ4v) is 3.96. The summed E-state index contributed by atoms with van der Waals surface area (Å²) in [7, 11) is 3.01. The van der Waals surface area contributed by atoms with Gasteiger partial charge in [0, 0.05) is 44.9 Å². The number of fused-ring (bicyclic) bond motifs is 1. The van der Waals surface area contributed by atoms with Crippen molar-refractivity contribution in [2.24, 2.45) is 0 Å². The number of hydrogen-bond acceptors (Lipinski definition) is 4. The minimum Gasteiger partial charge on any atom is -0.294 e. The summed E-state index contributed by atoms with van der Waals surface area (Å²) in [4.78, 5) is 30.0.